The van der Waals surface area contributed by atoms with Crippen molar-refractivity contribution in [1.29, 1.82) is 0 Å². The first-order valence-electron chi connectivity index (χ1n) is 13.9. The van der Waals surface area contributed by atoms with Gasteiger partial charge in [-0.3, -0.25) is 4.90 Å². The zero-order chi connectivity index (χ0) is 28.0. The molecular weight excluding hydrogens is 509 g/mol. The number of nitrogens with one attached hydrogen (secondary N) is 1. The van der Waals surface area contributed by atoms with E-state index in [1.807, 2.05) is 37.3 Å². The van der Waals surface area contributed by atoms with Crippen molar-refractivity contribution < 1.29 is 23.0 Å². The van der Waals surface area contributed by atoms with Gasteiger partial charge < -0.3 is 25.0 Å². The molecule has 8 nitrogen and oxygen atoms in total. The van der Waals surface area contributed by atoms with Crippen LogP contribution in [0, 0.1) is 0 Å². The number of aliphatic hydroxyl groups excluding tert-OH is 1. The van der Waals surface area contributed by atoms with Gasteiger partial charge in [-0.15, -0.1) is 0 Å². The molecule has 1 saturated heterocycles. The quantitative estimate of drug-likeness (QED) is 0.461. The minimum atomic E-state index is -4.22. The first kappa shape index (κ1) is 29.4. The van der Waals surface area contributed by atoms with Gasteiger partial charge >= 0.3 is 6.18 Å². The Balaban J connectivity index is 1.61. The number of piperazine rings is 1. The van der Waals surface area contributed by atoms with Crippen molar-refractivity contribution in [2.75, 3.05) is 63.2 Å². The number of aliphatic hydroxyl groups is 1. The molecule has 0 spiro atoms. The van der Waals surface area contributed by atoms with Crippen LogP contribution in [0.4, 0.5) is 24.8 Å². The molecule has 2 atom stereocenters. The average Bonchev–Trinajstić information content (AvgIpc) is 2.92. The summed E-state index contributed by atoms with van der Waals surface area (Å²) in [6, 6.07) is 9.57. The van der Waals surface area contributed by atoms with Crippen molar-refractivity contribution in [2.45, 2.75) is 63.4 Å². The van der Waals surface area contributed by atoms with Crippen molar-refractivity contribution in [1.82, 2.24) is 20.2 Å². The van der Waals surface area contributed by atoms with Gasteiger partial charge in [0.2, 0.25) is 0 Å². The molecule has 4 rings (SSSR count). The van der Waals surface area contributed by atoms with Gasteiger partial charge in [0.25, 0.3) is 0 Å². The molecule has 1 saturated carbocycles. The molecule has 1 aliphatic heterocycles. The fraction of sp³-hybridized carbons (Fsp3) is 0.643. The number of alkyl halides is 3. The van der Waals surface area contributed by atoms with Crippen LogP contribution in [0.25, 0.3) is 11.4 Å². The molecule has 2 N–H and O–H groups in total. The Bertz CT molecular complexity index is 1070. The highest BCUT2D eigenvalue weighted by Crippen LogP contribution is 2.31. The van der Waals surface area contributed by atoms with Gasteiger partial charge in [-0.25, -0.2) is 9.97 Å². The summed E-state index contributed by atoms with van der Waals surface area (Å²) in [4.78, 5) is 15.6. The molecule has 2 aliphatic rings. The zero-order valence-electron chi connectivity index (χ0n) is 23.1. The standard InChI is InChI=1S/C28H41F3N6O2/c1-20-17-36(12-13-37(20)19-28(29,30)31)26-15-25(35(3)22-9-5-4-6-10-22)33-27(34-26)21-8-7-11-24(14-21)39-18-23(38)16-32-2/h7-8,11,14-15,20,22-23,32,38H,4-6,9-10,12-13,16-19H2,1-3H3/t20-,23?/m0/s1. The normalized spacial score (nSPS) is 20.2. The Morgan fingerprint density at radius 1 is 1.15 bits per heavy atom. The summed E-state index contributed by atoms with van der Waals surface area (Å²) in [6.45, 7) is 2.73. The first-order chi connectivity index (χ1) is 18.6. The lowest BCUT2D eigenvalue weighted by atomic mass is 9.94. The van der Waals surface area contributed by atoms with Crippen LogP contribution in [0.15, 0.2) is 30.3 Å². The van der Waals surface area contributed by atoms with E-state index < -0.39 is 18.8 Å². The molecule has 39 heavy (non-hydrogen) atoms. The van der Waals surface area contributed by atoms with Crippen molar-refractivity contribution in [3.63, 3.8) is 0 Å². The van der Waals surface area contributed by atoms with Crippen molar-refractivity contribution in [2.24, 2.45) is 0 Å². The smallest absolute Gasteiger partial charge is 0.401 e. The fourth-order valence-electron chi connectivity index (χ4n) is 5.43. The minimum absolute atomic E-state index is 0.154. The molecule has 1 unspecified atom stereocenters. The highest BCUT2D eigenvalue weighted by atomic mass is 19.4. The van der Waals surface area contributed by atoms with Crippen molar-refractivity contribution in [3.8, 4) is 17.1 Å². The van der Waals surface area contributed by atoms with Crippen molar-refractivity contribution in [3.05, 3.63) is 30.3 Å². The van der Waals surface area contributed by atoms with E-state index in [1.54, 1.807) is 7.05 Å². The van der Waals surface area contributed by atoms with E-state index in [-0.39, 0.29) is 12.6 Å². The van der Waals surface area contributed by atoms with Crippen LogP contribution in [-0.4, -0.2) is 97.8 Å². The zero-order valence-corrected chi connectivity index (χ0v) is 23.1. The van der Waals surface area contributed by atoms with E-state index in [2.05, 4.69) is 22.2 Å². The number of nitrogens with zero attached hydrogens (tertiary/aromatic N) is 5. The Labute approximate surface area is 229 Å². The van der Waals surface area contributed by atoms with E-state index in [1.165, 1.54) is 24.2 Å². The summed E-state index contributed by atoms with van der Waals surface area (Å²) in [5.41, 5.74) is 0.777. The maximum atomic E-state index is 13.1. The number of rotatable bonds is 10. The SMILES string of the molecule is CNCC(O)COc1cccc(-c2nc(N3CCN(CC(F)(F)F)[C@@H](C)C3)cc(N(C)C3CCCCC3)n2)c1. The second-order valence-electron chi connectivity index (χ2n) is 10.7. The van der Waals surface area contributed by atoms with Crippen molar-refractivity contribution >= 4 is 11.6 Å². The second kappa shape index (κ2) is 13.1. The minimum Gasteiger partial charge on any atom is -0.491 e. The summed E-state index contributed by atoms with van der Waals surface area (Å²) in [6.07, 6.45) is 0.999. The van der Waals surface area contributed by atoms with Gasteiger partial charge in [0.15, 0.2) is 5.82 Å². The van der Waals surface area contributed by atoms with Crippen LogP contribution in [0.5, 0.6) is 5.75 Å². The second-order valence-corrected chi connectivity index (χ2v) is 10.7. The van der Waals surface area contributed by atoms with E-state index in [4.69, 9.17) is 14.7 Å². The summed E-state index contributed by atoms with van der Waals surface area (Å²) < 4.78 is 45.0. The van der Waals surface area contributed by atoms with E-state index in [0.717, 1.165) is 24.2 Å². The van der Waals surface area contributed by atoms with Crippen LogP contribution in [0.3, 0.4) is 0 Å². The maximum absolute atomic E-state index is 13.1. The van der Waals surface area contributed by atoms with E-state index in [9.17, 15) is 18.3 Å². The molecule has 2 fully saturated rings. The topological polar surface area (TPSA) is 77.0 Å². The van der Waals surface area contributed by atoms with Gasteiger partial charge in [0.1, 0.15) is 30.1 Å². The molecule has 0 bridgehead atoms. The molecule has 2 aromatic rings. The van der Waals surface area contributed by atoms with Gasteiger partial charge in [-0.05, 0) is 38.9 Å². The first-order valence-corrected chi connectivity index (χ1v) is 13.9. The molecule has 0 radical (unpaired) electrons. The number of benzene rings is 1. The molecule has 1 aromatic heterocycles. The highest BCUT2D eigenvalue weighted by molar-refractivity contribution is 5.64. The molecular formula is C28H41F3N6O2. The number of hydrogen-bond donors (Lipinski definition) is 2. The molecule has 216 valence electrons. The fourth-order valence-corrected chi connectivity index (χ4v) is 5.43. The Morgan fingerprint density at radius 2 is 1.92 bits per heavy atom. The predicted molar refractivity (Wildman–Crippen MR) is 147 cm³/mol. The average molecular weight is 551 g/mol. The third-order valence-electron chi connectivity index (χ3n) is 7.63. The number of ether oxygens (including phenoxy) is 1. The van der Waals surface area contributed by atoms with E-state index in [0.29, 0.717) is 49.6 Å². The van der Waals surface area contributed by atoms with Gasteiger partial charge in [-0.2, -0.15) is 13.2 Å². The molecule has 0 amide bonds. The molecule has 1 aliphatic carbocycles. The Kier molecular flexibility index (Phi) is 9.90. The van der Waals surface area contributed by atoms with Gasteiger partial charge in [0.05, 0.1) is 6.54 Å². The summed E-state index contributed by atoms with van der Waals surface area (Å²) in [5.74, 6) is 2.67. The maximum Gasteiger partial charge on any atom is 0.401 e. The lowest BCUT2D eigenvalue weighted by molar-refractivity contribution is -0.150. The lowest BCUT2D eigenvalue weighted by Gasteiger charge is -2.41. The highest BCUT2D eigenvalue weighted by Gasteiger charge is 2.35. The van der Waals surface area contributed by atoms with Crippen LogP contribution < -0.4 is 19.9 Å². The van der Waals surface area contributed by atoms with Crippen LogP contribution in [0.1, 0.15) is 39.0 Å². The van der Waals surface area contributed by atoms with E-state index >= 15 is 0 Å². The third kappa shape index (κ3) is 8.18. The predicted octanol–water partition coefficient (Wildman–Crippen LogP) is 3.94. The lowest BCUT2D eigenvalue weighted by Crippen LogP contribution is -2.54. The van der Waals surface area contributed by atoms with Gasteiger partial charge in [-0.1, -0.05) is 31.4 Å². The monoisotopic (exact) mass is 550 g/mol. The number of anilines is 2. The Hall–Kier alpha value is -2.63. The number of hydrogen-bond acceptors (Lipinski definition) is 8. The number of halogens is 3. The van der Waals surface area contributed by atoms with Gasteiger partial charge in [0, 0.05) is 56.9 Å². The number of likely N-dealkylation sites (N-methyl/N-ethyl adjacent to an activating group) is 1. The summed E-state index contributed by atoms with van der Waals surface area (Å²) >= 11 is 0. The largest absolute Gasteiger partial charge is 0.491 e. The summed E-state index contributed by atoms with van der Waals surface area (Å²) in [5, 5.41) is 12.9. The Morgan fingerprint density at radius 3 is 2.62 bits per heavy atom. The van der Waals surface area contributed by atoms with Crippen LogP contribution >= 0.6 is 0 Å². The molecule has 11 heteroatoms. The molecule has 1 aromatic carbocycles. The third-order valence-corrected chi connectivity index (χ3v) is 7.63. The molecule has 2 heterocycles. The number of aromatic nitrogens is 2. The summed E-state index contributed by atoms with van der Waals surface area (Å²) in [7, 11) is 3.84. The van der Waals surface area contributed by atoms with Crippen LogP contribution in [0.2, 0.25) is 0 Å². The van der Waals surface area contributed by atoms with Crippen LogP contribution in [-0.2, 0) is 0 Å².